The second-order valence-corrected chi connectivity index (χ2v) is 5.13. The number of halogens is 1. The molecule has 0 saturated heterocycles. The number of hydrogen-bond acceptors (Lipinski definition) is 4. The minimum absolute atomic E-state index is 0.00606. The van der Waals surface area contributed by atoms with Gasteiger partial charge in [0, 0.05) is 24.1 Å². The number of aromatic nitrogens is 2. The monoisotopic (exact) mass is 304 g/mol. The summed E-state index contributed by atoms with van der Waals surface area (Å²) in [5.74, 6) is -1.79. The van der Waals surface area contributed by atoms with Crippen LogP contribution >= 0.6 is 0 Å². The molecule has 2 aromatic rings. The zero-order valence-electron chi connectivity index (χ0n) is 11.7. The van der Waals surface area contributed by atoms with Crippen molar-refractivity contribution in [2.45, 2.75) is 26.0 Å². The van der Waals surface area contributed by atoms with E-state index in [4.69, 9.17) is 4.74 Å². The molecule has 0 saturated carbocycles. The number of aldehydes is 1. The average Bonchev–Trinajstić information content (AvgIpc) is 2.85. The normalized spacial score (nSPS) is 16.7. The van der Waals surface area contributed by atoms with E-state index in [0.29, 0.717) is 19.3 Å². The Labute approximate surface area is 125 Å². The Bertz CT molecular complexity index is 769. The Balaban J connectivity index is 2.19. The van der Waals surface area contributed by atoms with Gasteiger partial charge >= 0.3 is 5.97 Å². The summed E-state index contributed by atoms with van der Waals surface area (Å²) in [5, 5.41) is 13.6. The zero-order chi connectivity index (χ0) is 15.9. The summed E-state index contributed by atoms with van der Waals surface area (Å²) >= 11 is 0. The third-order valence-electron chi connectivity index (χ3n) is 3.56. The van der Waals surface area contributed by atoms with Gasteiger partial charge in [0.25, 0.3) is 0 Å². The van der Waals surface area contributed by atoms with E-state index in [1.165, 1.54) is 16.8 Å². The third kappa shape index (κ3) is 2.24. The van der Waals surface area contributed by atoms with Crippen LogP contribution in [0, 0.1) is 5.82 Å². The number of carboxylic acids is 1. The Morgan fingerprint density at radius 1 is 1.55 bits per heavy atom. The van der Waals surface area contributed by atoms with Crippen LogP contribution in [0.4, 0.5) is 4.39 Å². The Hall–Kier alpha value is -2.70. The lowest BCUT2D eigenvalue weighted by Crippen LogP contribution is -2.24. The first-order chi connectivity index (χ1) is 10.5. The summed E-state index contributed by atoms with van der Waals surface area (Å²) in [6.07, 6.45) is 1.09. The molecular weight excluding hydrogens is 291 g/mol. The molecule has 0 radical (unpaired) electrons. The first kappa shape index (κ1) is 14.2. The molecule has 22 heavy (non-hydrogen) atoms. The van der Waals surface area contributed by atoms with Crippen LogP contribution in [0.25, 0.3) is 11.3 Å². The van der Waals surface area contributed by atoms with Crippen LogP contribution in [0.2, 0.25) is 0 Å². The largest absolute Gasteiger partial charge is 0.477 e. The van der Waals surface area contributed by atoms with Crippen LogP contribution in [0.15, 0.2) is 18.2 Å². The van der Waals surface area contributed by atoms with Crippen molar-refractivity contribution in [2.24, 2.45) is 0 Å². The van der Waals surface area contributed by atoms with Crippen LogP contribution in [-0.2, 0) is 6.54 Å². The molecule has 0 unspecified atom stereocenters. The Kier molecular flexibility index (Phi) is 3.40. The highest BCUT2D eigenvalue weighted by molar-refractivity contribution is 5.97. The maximum Gasteiger partial charge on any atom is 0.343 e. The molecule has 1 aliphatic heterocycles. The van der Waals surface area contributed by atoms with E-state index in [1.54, 1.807) is 0 Å². The van der Waals surface area contributed by atoms with E-state index in [0.717, 1.165) is 6.07 Å². The van der Waals surface area contributed by atoms with Gasteiger partial charge in [0.1, 0.15) is 23.4 Å². The number of carbonyl (C=O) groups excluding carboxylic acids is 1. The first-order valence-corrected chi connectivity index (χ1v) is 6.77. The highest BCUT2D eigenvalue weighted by Gasteiger charge is 2.30. The third-order valence-corrected chi connectivity index (χ3v) is 3.56. The second-order valence-electron chi connectivity index (χ2n) is 5.13. The van der Waals surface area contributed by atoms with Crippen molar-refractivity contribution in [3.8, 4) is 17.1 Å². The molecule has 0 aliphatic carbocycles. The van der Waals surface area contributed by atoms with Crippen molar-refractivity contribution < 1.29 is 23.8 Å². The Morgan fingerprint density at radius 2 is 2.32 bits per heavy atom. The molecular formula is C15H13FN2O4. The molecule has 0 bridgehead atoms. The maximum absolute atomic E-state index is 14.2. The van der Waals surface area contributed by atoms with E-state index in [9.17, 15) is 19.1 Å². The van der Waals surface area contributed by atoms with Gasteiger partial charge in [-0.3, -0.25) is 4.79 Å². The SMILES string of the molecule is C[C@@H]1CCn2nc(-c3ccc(C=O)cc3F)c(C(=O)O)c2O1. The molecule has 7 heteroatoms. The van der Waals surface area contributed by atoms with Gasteiger partial charge in [-0.25, -0.2) is 13.9 Å². The summed E-state index contributed by atoms with van der Waals surface area (Å²) in [6.45, 7) is 2.34. The van der Waals surface area contributed by atoms with Crippen LogP contribution in [0.3, 0.4) is 0 Å². The molecule has 1 aromatic heterocycles. The molecule has 114 valence electrons. The standard InChI is InChI=1S/C15H13FN2O4/c1-8-4-5-18-14(22-8)12(15(20)21)13(17-18)10-3-2-9(7-19)6-11(10)16/h2-3,6-8H,4-5H2,1H3,(H,20,21)/t8-/m1/s1. The lowest BCUT2D eigenvalue weighted by Gasteiger charge is -2.21. The molecule has 0 spiro atoms. The molecule has 0 fully saturated rings. The fraction of sp³-hybridized carbons (Fsp3) is 0.267. The van der Waals surface area contributed by atoms with Gasteiger partial charge in [-0.15, -0.1) is 0 Å². The van der Waals surface area contributed by atoms with Crippen LogP contribution in [-0.4, -0.2) is 33.2 Å². The second kappa shape index (κ2) is 5.25. The van der Waals surface area contributed by atoms with E-state index in [2.05, 4.69) is 5.10 Å². The number of aryl methyl sites for hydroxylation is 1. The lowest BCUT2D eigenvalue weighted by molar-refractivity contribution is 0.0684. The van der Waals surface area contributed by atoms with Crippen LogP contribution in [0.1, 0.15) is 34.1 Å². The van der Waals surface area contributed by atoms with Gasteiger partial charge in [0.05, 0.1) is 6.10 Å². The van der Waals surface area contributed by atoms with E-state index < -0.39 is 11.8 Å². The smallest absolute Gasteiger partial charge is 0.343 e. The van der Waals surface area contributed by atoms with E-state index in [1.807, 2.05) is 6.92 Å². The number of fused-ring (bicyclic) bond motifs is 1. The van der Waals surface area contributed by atoms with Gasteiger partial charge in [0.2, 0.25) is 5.88 Å². The molecule has 1 aliphatic rings. The predicted molar refractivity (Wildman–Crippen MR) is 74.7 cm³/mol. The Morgan fingerprint density at radius 3 is 2.95 bits per heavy atom. The fourth-order valence-electron chi connectivity index (χ4n) is 2.45. The van der Waals surface area contributed by atoms with E-state index >= 15 is 0 Å². The predicted octanol–water partition coefficient (Wildman–Crippen LogP) is 2.37. The number of benzene rings is 1. The number of aromatic carboxylic acids is 1. The van der Waals surface area contributed by atoms with Crippen molar-refractivity contribution in [1.82, 2.24) is 9.78 Å². The molecule has 0 amide bonds. The molecule has 6 nitrogen and oxygen atoms in total. The number of rotatable bonds is 3. The highest BCUT2D eigenvalue weighted by atomic mass is 19.1. The van der Waals surface area contributed by atoms with Crippen LogP contribution < -0.4 is 4.74 Å². The molecule has 1 N–H and O–H groups in total. The van der Waals surface area contributed by atoms with Gasteiger partial charge in [-0.05, 0) is 19.1 Å². The van der Waals surface area contributed by atoms with Crippen molar-refractivity contribution in [2.75, 3.05) is 0 Å². The van der Waals surface area contributed by atoms with E-state index in [-0.39, 0.29) is 34.4 Å². The molecule has 1 atom stereocenters. The summed E-state index contributed by atoms with van der Waals surface area (Å²) in [7, 11) is 0. The summed E-state index contributed by atoms with van der Waals surface area (Å²) in [5.41, 5.74) is 0.0453. The zero-order valence-corrected chi connectivity index (χ0v) is 11.7. The number of carboxylic acid groups (broad SMARTS) is 1. The topological polar surface area (TPSA) is 81.4 Å². The highest BCUT2D eigenvalue weighted by Crippen LogP contribution is 2.35. The summed E-state index contributed by atoms with van der Waals surface area (Å²) in [6, 6.07) is 3.82. The van der Waals surface area contributed by atoms with Crippen molar-refractivity contribution >= 4 is 12.3 Å². The van der Waals surface area contributed by atoms with Gasteiger partial charge < -0.3 is 9.84 Å². The van der Waals surface area contributed by atoms with Gasteiger partial charge in [-0.1, -0.05) is 6.07 Å². The number of carbonyl (C=O) groups is 2. The number of hydrogen-bond donors (Lipinski definition) is 1. The summed E-state index contributed by atoms with van der Waals surface area (Å²) in [4.78, 5) is 22.2. The van der Waals surface area contributed by atoms with Crippen LogP contribution in [0.5, 0.6) is 5.88 Å². The fourth-order valence-corrected chi connectivity index (χ4v) is 2.45. The average molecular weight is 304 g/mol. The maximum atomic E-state index is 14.2. The minimum atomic E-state index is -1.23. The number of nitrogens with zero attached hydrogens (tertiary/aromatic N) is 2. The molecule has 2 heterocycles. The van der Waals surface area contributed by atoms with Crippen molar-refractivity contribution in [3.05, 3.63) is 35.1 Å². The van der Waals surface area contributed by atoms with Gasteiger partial charge in [0.15, 0.2) is 0 Å². The quantitative estimate of drug-likeness (QED) is 0.880. The molecule has 3 rings (SSSR count). The molecule has 1 aromatic carbocycles. The van der Waals surface area contributed by atoms with Crippen molar-refractivity contribution in [3.63, 3.8) is 0 Å². The lowest BCUT2D eigenvalue weighted by atomic mass is 10.1. The summed E-state index contributed by atoms with van der Waals surface area (Å²) < 4.78 is 21.2. The first-order valence-electron chi connectivity index (χ1n) is 6.77. The van der Waals surface area contributed by atoms with Gasteiger partial charge in [-0.2, -0.15) is 5.10 Å². The van der Waals surface area contributed by atoms with Crippen molar-refractivity contribution in [1.29, 1.82) is 0 Å². The number of ether oxygens (including phenoxy) is 1. The minimum Gasteiger partial charge on any atom is -0.477 e.